The van der Waals surface area contributed by atoms with E-state index in [4.69, 9.17) is 16.3 Å². The zero-order valence-electron chi connectivity index (χ0n) is 13.7. The van der Waals surface area contributed by atoms with Gasteiger partial charge < -0.3 is 10.1 Å². The maximum atomic E-state index is 12.2. The number of thiazole rings is 1. The highest BCUT2D eigenvalue weighted by atomic mass is 35.5. The van der Waals surface area contributed by atoms with Gasteiger partial charge in [0.15, 0.2) is 0 Å². The van der Waals surface area contributed by atoms with Gasteiger partial charge in [-0.2, -0.15) is 0 Å². The minimum absolute atomic E-state index is 0.151. The van der Waals surface area contributed by atoms with Crippen LogP contribution in [0.3, 0.4) is 0 Å². The molecule has 2 aromatic carbocycles. The molecular weight excluding hydrogens is 356 g/mol. The molecule has 0 saturated carbocycles. The van der Waals surface area contributed by atoms with Crippen LogP contribution in [0.5, 0.6) is 5.75 Å². The maximum Gasteiger partial charge on any atom is 0.251 e. The van der Waals surface area contributed by atoms with Crippen molar-refractivity contribution >= 4 is 28.8 Å². The molecule has 1 amide bonds. The Kier molecular flexibility index (Phi) is 5.68. The Bertz CT molecular complexity index is 862. The number of hydrogen-bond donors (Lipinski definition) is 1. The lowest BCUT2D eigenvalue weighted by molar-refractivity contribution is 0.0951. The van der Waals surface area contributed by atoms with Gasteiger partial charge in [-0.05, 0) is 42.8 Å². The second kappa shape index (κ2) is 8.14. The molecule has 0 unspecified atom stereocenters. The number of aryl methyl sites for hydroxylation is 1. The quantitative estimate of drug-likeness (QED) is 0.687. The van der Waals surface area contributed by atoms with E-state index < -0.39 is 0 Å². The van der Waals surface area contributed by atoms with Gasteiger partial charge in [0.2, 0.25) is 0 Å². The largest absolute Gasteiger partial charge is 0.486 e. The molecule has 128 valence electrons. The van der Waals surface area contributed by atoms with E-state index in [1.165, 1.54) is 0 Å². The number of nitrogens with zero attached hydrogens (tertiary/aromatic N) is 1. The Morgan fingerprint density at radius 3 is 2.64 bits per heavy atom. The van der Waals surface area contributed by atoms with Crippen LogP contribution in [0.15, 0.2) is 53.9 Å². The number of nitrogens with one attached hydrogen (secondary N) is 1. The summed E-state index contributed by atoms with van der Waals surface area (Å²) in [6.07, 6.45) is 0. The van der Waals surface area contributed by atoms with E-state index >= 15 is 0 Å². The van der Waals surface area contributed by atoms with Crippen molar-refractivity contribution in [3.63, 3.8) is 0 Å². The topological polar surface area (TPSA) is 51.2 Å². The molecule has 1 heterocycles. The minimum Gasteiger partial charge on any atom is -0.486 e. The van der Waals surface area contributed by atoms with E-state index in [0.29, 0.717) is 29.5 Å². The number of hydrogen-bond acceptors (Lipinski definition) is 4. The Balaban J connectivity index is 1.54. The van der Waals surface area contributed by atoms with Crippen LogP contribution in [0.4, 0.5) is 0 Å². The predicted octanol–water partition coefficient (Wildman–Crippen LogP) is 4.61. The third-order valence-corrected chi connectivity index (χ3v) is 4.85. The van der Waals surface area contributed by atoms with Gasteiger partial charge in [-0.25, -0.2) is 4.98 Å². The summed E-state index contributed by atoms with van der Waals surface area (Å²) < 4.78 is 5.68. The number of amides is 1. The summed E-state index contributed by atoms with van der Waals surface area (Å²) in [5, 5.41) is 6.43. The van der Waals surface area contributed by atoms with Crippen molar-refractivity contribution in [2.45, 2.75) is 20.1 Å². The van der Waals surface area contributed by atoms with Crippen LogP contribution in [-0.2, 0) is 13.2 Å². The van der Waals surface area contributed by atoms with Gasteiger partial charge in [-0.3, -0.25) is 4.79 Å². The van der Waals surface area contributed by atoms with Gasteiger partial charge >= 0.3 is 0 Å². The lowest BCUT2D eigenvalue weighted by atomic mass is 10.2. The molecular formula is C19H17ClN2O2S. The molecule has 6 heteroatoms. The van der Waals surface area contributed by atoms with Gasteiger partial charge in [0.1, 0.15) is 17.4 Å². The minimum atomic E-state index is -0.151. The molecule has 4 nitrogen and oxygen atoms in total. The smallest absolute Gasteiger partial charge is 0.251 e. The number of aromatic nitrogens is 1. The molecule has 0 aliphatic rings. The van der Waals surface area contributed by atoms with Gasteiger partial charge in [-0.1, -0.05) is 29.8 Å². The summed E-state index contributed by atoms with van der Waals surface area (Å²) in [5.41, 5.74) is 2.45. The van der Waals surface area contributed by atoms with E-state index in [-0.39, 0.29) is 5.91 Å². The number of halogens is 1. The molecule has 0 aliphatic heterocycles. The molecule has 0 saturated heterocycles. The highest BCUT2D eigenvalue weighted by Gasteiger charge is 2.07. The maximum absolute atomic E-state index is 12.2. The van der Waals surface area contributed by atoms with Gasteiger partial charge in [-0.15, -0.1) is 11.3 Å². The normalized spacial score (nSPS) is 10.5. The first-order valence-electron chi connectivity index (χ1n) is 7.77. The molecule has 0 radical (unpaired) electrons. The lowest BCUT2D eigenvalue weighted by Gasteiger charge is -2.08. The van der Waals surface area contributed by atoms with Crippen molar-refractivity contribution in [3.05, 3.63) is 80.8 Å². The third kappa shape index (κ3) is 4.81. The number of ether oxygens (including phenoxy) is 1. The molecule has 0 aliphatic carbocycles. The Hall–Kier alpha value is -2.37. The molecule has 0 bridgehead atoms. The van der Waals surface area contributed by atoms with Crippen molar-refractivity contribution in [2.24, 2.45) is 0 Å². The molecule has 0 spiro atoms. The molecule has 0 fully saturated rings. The van der Waals surface area contributed by atoms with Crippen LogP contribution in [-0.4, -0.2) is 10.9 Å². The van der Waals surface area contributed by atoms with Gasteiger partial charge in [0.25, 0.3) is 5.91 Å². The van der Waals surface area contributed by atoms with Crippen LogP contribution >= 0.6 is 22.9 Å². The van der Waals surface area contributed by atoms with E-state index in [2.05, 4.69) is 10.3 Å². The number of carbonyl (C=O) groups excluding carboxylic acids is 1. The summed E-state index contributed by atoms with van der Waals surface area (Å²) in [6.45, 7) is 2.77. The standard InChI is InChI=1S/C19H17ClN2O2S/c1-13-12-25-18(22-13)11-24-16-8-6-14(7-9-16)19(23)21-10-15-4-2-3-5-17(15)20/h2-9,12H,10-11H2,1H3,(H,21,23). The Morgan fingerprint density at radius 1 is 1.20 bits per heavy atom. The molecule has 3 rings (SSSR count). The van der Waals surface area contributed by atoms with E-state index in [0.717, 1.165) is 16.3 Å². The fourth-order valence-electron chi connectivity index (χ4n) is 2.24. The average Bonchev–Trinajstić information content (AvgIpc) is 3.05. The summed E-state index contributed by atoms with van der Waals surface area (Å²) >= 11 is 7.66. The Morgan fingerprint density at radius 2 is 1.96 bits per heavy atom. The first kappa shape index (κ1) is 17.5. The second-order valence-corrected chi connectivity index (χ2v) is 6.82. The van der Waals surface area contributed by atoms with E-state index in [1.54, 1.807) is 41.7 Å². The fraction of sp³-hybridized carbons (Fsp3) is 0.158. The first-order chi connectivity index (χ1) is 12.1. The Labute approximate surface area is 155 Å². The SMILES string of the molecule is Cc1csc(COc2ccc(C(=O)NCc3ccccc3Cl)cc2)n1. The number of carbonyl (C=O) groups is 1. The second-order valence-electron chi connectivity index (χ2n) is 5.47. The summed E-state index contributed by atoms with van der Waals surface area (Å²) in [7, 11) is 0. The lowest BCUT2D eigenvalue weighted by Crippen LogP contribution is -2.22. The molecule has 1 N–H and O–H groups in total. The zero-order chi connectivity index (χ0) is 17.6. The fourth-order valence-corrected chi connectivity index (χ4v) is 3.12. The van der Waals surface area contributed by atoms with E-state index in [1.807, 2.05) is 30.5 Å². The van der Waals surface area contributed by atoms with Crippen molar-refractivity contribution in [1.82, 2.24) is 10.3 Å². The zero-order valence-corrected chi connectivity index (χ0v) is 15.2. The molecule has 1 aromatic heterocycles. The highest BCUT2D eigenvalue weighted by molar-refractivity contribution is 7.09. The van der Waals surface area contributed by atoms with Gasteiger partial charge in [0, 0.05) is 28.2 Å². The number of rotatable bonds is 6. The summed E-state index contributed by atoms with van der Waals surface area (Å²) in [6, 6.07) is 14.5. The molecule has 25 heavy (non-hydrogen) atoms. The van der Waals surface area contributed by atoms with E-state index in [9.17, 15) is 4.79 Å². The monoisotopic (exact) mass is 372 g/mol. The van der Waals surface area contributed by atoms with Crippen LogP contribution in [0.25, 0.3) is 0 Å². The van der Waals surface area contributed by atoms with Crippen molar-refractivity contribution < 1.29 is 9.53 Å². The van der Waals surface area contributed by atoms with Crippen LogP contribution in [0.2, 0.25) is 5.02 Å². The average molecular weight is 373 g/mol. The van der Waals surface area contributed by atoms with Crippen molar-refractivity contribution in [3.8, 4) is 5.75 Å². The third-order valence-electron chi connectivity index (χ3n) is 3.54. The predicted molar refractivity (Wildman–Crippen MR) is 100 cm³/mol. The van der Waals surface area contributed by atoms with Crippen LogP contribution in [0.1, 0.15) is 26.6 Å². The van der Waals surface area contributed by atoms with Crippen LogP contribution < -0.4 is 10.1 Å². The first-order valence-corrected chi connectivity index (χ1v) is 9.03. The van der Waals surface area contributed by atoms with Crippen molar-refractivity contribution in [2.75, 3.05) is 0 Å². The molecule has 3 aromatic rings. The number of benzene rings is 2. The summed E-state index contributed by atoms with van der Waals surface area (Å²) in [5.74, 6) is 0.553. The van der Waals surface area contributed by atoms with Crippen molar-refractivity contribution in [1.29, 1.82) is 0 Å². The molecule has 0 atom stereocenters. The highest BCUT2D eigenvalue weighted by Crippen LogP contribution is 2.17. The van der Waals surface area contributed by atoms with Gasteiger partial charge in [0.05, 0.1) is 0 Å². The summed E-state index contributed by atoms with van der Waals surface area (Å²) in [4.78, 5) is 16.6. The van der Waals surface area contributed by atoms with Crippen LogP contribution in [0, 0.1) is 6.92 Å².